The first kappa shape index (κ1) is 10.1. The number of H-pyrrole nitrogens is 1. The molecule has 1 aromatic heterocycles. The molecule has 1 heterocycles. The highest BCUT2D eigenvalue weighted by Gasteiger charge is 2.19. The number of nitrogens with one attached hydrogen (secondary N) is 1. The number of hydrogen-bond donors (Lipinski definition) is 2. The maximum atomic E-state index is 12.3. The summed E-state index contributed by atoms with van der Waals surface area (Å²) in [5, 5.41) is 8.41. The van der Waals surface area contributed by atoms with Crippen LogP contribution in [0.2, 0.25) is 5.02 Å². The fourth-order valence-corrected chi connectivity index (χ4v) is 1.20. The van der Waals surface area contributed by atoms with Gasteiger partial charge < -0.3 is 10.1 Å². The van der Waals surface area contributed by atoms with Crippen LogP contribution in [0.25, 0.3) is 0 Å². The summed E-state index contributed by atoms with van der Waals surface area (Å²) in [5.41, 5.74) is -1.74. The van der Waals surface area contributed by atoms with Crippen LogP contribution in [0.15, 0.2) is 11.0 Å². The third-order valence-electron chi connectivity index (χ3n) is 1.56. The van der Waals surface area contributed by atoms with Gasteiger partial charge in [-0.2, -0.15) is 0 Å². The van der Waals surface area contributed by atoms with Gasteiger partial charge in [0.15, 0.2) is 0 Å². The van der Waals surface area contributed by atoms with E-state index in [0.29, 0.717) is 0 Å². The van der Waals surface area contributed by atoms with Crippen molar-refractivity contribution in [2.45, 2.75) is 13.0 Å². The fraction of sp³-hybridized carbons (Fsp3) is 0.286. The molecule has 3 nitrogen and oxygen atoms in total. The third-order valence-corrected chi connectivity index (χ3v) is 1.88. The summed E-state index contributed by atoms with van der Waals surface area (Å²) in [5.74, 6) is 0. The van der Waals surface area contributed by atoms with Crippen molar-refractivity contribution in [1.29, 1.82) is 0 Å². The van der Waals surface area contributed by atoms with Gasteiger partial charge in [0.1, 0.15) is 0 Å². The summed E-state index contributed by atoms with van der Waals surface area (Å²) in [7, 11) is 0. The first-order valence-corrected chi connectivity index (χ1v) is 3.74. The van der Waals surface area contributed by atoms with E-state index in [4.69, 9.17) is 16.7 Å². The second-order valence-electron chi connectivity index (χ2n) is 2.32. The van der Waals surface area contributed by atoms with Crippen LogP contribution in [0.4, 0.5) is 8.78 Å². The van der Waals surface area contributed by atoms with Crippen molar-refractivity contribution < 1.29 is 13.9 Å². The number of alkyl halides is 2. The number of aliphatic hydroxyl groups is 1. The molecule has 0 spiro atoms. The number of aromatic amines is 1. The van der Waals surface area contributed by atoms with Crippen LogP contribution in [0.3, 0.4) is 0 Å². The van der Waals surface area contributed by atoms with Crippen molar-refractivity contribution in [2.75, 3.05) is 0 Å². The monoisotopic (exact) mass is 209 g/mol. The number of aliphatic hydroxyl groups excluding tert-OH is 1. The highest BCUT2D eigenvalue weighted by atomic mass is 35.5. The van der Waals surface area contributed by atoms with Gasteiger partial charge in [-0.3, -0.25) is 4.79 Å². The first-order chi connectivity index (χ1) is 6.07. The summed E-state index contributed by atoms with van der Waals surface area (Å²) in [6, 6.07) is 0. The molecule has 1 aromatic rings. The van der Waals surface area contributed by atoms with Crippen molar-refractivity contribution in [1.82, 2.24) is 4.98 Å². The second kappa shape index (κ2) is 3.85. The van der Waals surface area contributed by atoms with E-state index in [-0.39, 0.29) is 10.6 Å². The van der Waals surface area contributed by atoms with Crippen LogP contribution in [-0.2, 0) is 6.61 Å². The van der Waals surface area contributed by atoms with Crippen LogP contribution in [0.5, 0.6) is 0 Å². The molecule has 0 radical (unpaired) electrons. The van der Waals surface area contributed by atoms with Gasteiger partial charge in [0.25, 0.3) is 12.0 Å². The minimum atomic E-state index is -2.86. The topological polar surface area (TPSA) is 53.1 Å². The summed E-state index contributed by atoms with van der Waals surface area (Å²) < 4.78 is 24.6. The predicted molar refractivity (Wildman–Crippen MR) is 43.0 cm³/mol. The van der Waals surface area contributed by atoms with Gasteiger partial charge in [-0.25, -0.2) is 8.78 Å². The molecule has 72 valence electrons. The summed E-state index contributed by atoms with van der Waals surface area (Å²) in [4.78, 5) is 13.1. The molecule has 0 aliphatic rings. The van der Waals surface area contributed by atoms with E-state index in [1.54, 1.807) is 0 Å². The van der Waals surface area contributed by atoms with Crippen LogP contribution < -0.4 is 5.56 Å². The van der Waals surface area contributed by atoms with Crippen molar-refractivity contribution in [3.8, 4) is 0 Å². The fourth-order valence-electron chi connectivity index (χ4n) is 0.953. The van der Waals surface area contributed by atoms with Gasteiger partial charge in [0.05, 0.1) is 17.2 Å². The molecule has 0 saturated carbocycles. The molecule has 0 atom stereocenters. The number of pyridine rings is 1. The van der Waals surface area contributed by atoms with Gasteiger partial charge in [-0.05, 0) is 0 Å². The lowest BCUT2D eigenvalue weighted by Crippen LogP contribution is -2.15. The second-order valence-corrected chi connectivity index (χ2v) is 2.72. The van der Waals surface area contributed by atoms with Crippen molar-refractivity contribution >= 4 is 11.6 Å². The number of rotatable bonds is 2. The number of hydrogen-bond acceptors (Lipinski definition) is 2. The van der Waals surface area contributed by atoms with Gasteiger partial charge in [-0.1, -0.05) is 11.6 Å². The molecule has 6 heteroatoms. The van der Waals surface area contributed by atoms with E-state index in [2.05, 4.69) is 4.98 Å². The maximum Gasteiger partial charge on any atom is 0.265 e. The highest BCUT2D eigenvalue weighted by Crippen LogP contribution is 2.27. The Morgan fingerprint density at radius 1 is 1.62 bits per heavy atom. The molecule has 0 unspecified atom stereocenters. The van der Waals surface area contributed by atoms with E-state index in [1.807, 2.05) is 0 Å². The first-order valence-electron chi connectivity index (χ1n) is 3.37. The Bertz CT molecular complexity index is 364. The number of halogens is 3. The SMILES string of the molecule is O=c1[nH]cc(Cl)c(C(F)F)c1CO. The Morgan fingerprint density at radius 2 is 2.23 bits per heavy atom. The quantitative estimate of drug-likeness (QED) is 0.775. The minimum absolute atomic E-state index is 0.251. The lowest BCUT2D eigenvalue weighted by Gasteiger charge is -2.06. The van der Waals surface area contributed by atoms with E-state index in [1.165, 1.54) is 0 Å². The van der Waals surface area contributed by atoms with Gasteiger partial charge in [-0.15, -0.1) is 0 Å². The molecule has 0 aromatic carbocycles. The van der Waals surface area contributed by atoms with Crippen LogP contribution in [0, 0.1) is 0 Å². The van der Waals surface area contributed by atoms with Crippen molar-refractivity contribution in [3.05, 3.63) is 32.7 Å². The van der Waals surface area contributed by atoms with E-state index in [9.17, 15) is 13.6 Å². The van der Waals surface area contributed by atoms with Gasteiger partial charge >= 0.3 is 0 Å². The standard InChI is InChI=1S/C7H6ClF2NO2/c8-4-1-11-7(13)3(2-12)5(4)6(9)10/h1,6,12H,2H2,(H,11,13). The maximum absolute atomic E-state index is 12.3. The molecule has 13 heavy (non-hydrogen) atoms. The van der Waals surface area contributed by atoms with Crippen LogP contribution in [0.1, 0.15) is 17.6 Å². The molecule has 0 fully saturated rings. The van der Waals surface area contributed by atoms with E-state index < -0.39 is 24.2 Å². The summed E-state index contributed by atoms with van der Waals surface area (Å²) in [6.07, 6.45) is -1.89. The summed E-state index contributed by atoms with van der Waals surface area (Å²) in [6.45, 7) is -0.754. The Hall–Kier alpha value is -0.940. The van der Waals surface area contributed by atoms with Crippen LogP contribution in [-0.4, -0.2) is 10.1 Å². The van der Waals surface area contributed by atoms with Crippen molar-refractivity contribution in [3.63, 3.8) is 0 Å². The predicted octanol–water partition coefficient (Wildman–Crippen LogP) is 1.46. The molecule has 0 saturated heterocycles. The molecular weight excluding hydrogens is 204 g/mol. The van der Waals surface area contributed by atoms with E-state index in [0.717, 1.165) is 6.20 Å². The van der Waals surface area contributed by atoms with Gasteiger partial charge in [0.2, 0.25) is 0 Å². The Kier molecular flexibility index (Phi) is 3.00. The molecule has 0 aliphatic carbocycles. The lowest BCUT2D eigenvalue weighted by atomic mass is 10.1. The zero-order valence-electron chi connectivity index (χ0n) is 6.35. The van der Waals surface area contributed by atoms with Gasteiger partial charge in [0, 0.05) is 11.8 Å². The molecule has 0 bridgehead atoms. The normalized spacial score (nSPS) is 10.8. The molecule has 0 aliphatic heterocycles. The zero-order chi connectivity index (χ0) is 10.0. The van der Waals surface area contributed by atoms with Crippen LogP contribution >= 0.6 is 11.6 Å². The minimum Gasteiger partial charge on any atom is -0.391 e. The average molecular weight is 210 g/mol. The Labute approximate surface area is 77.0 Å². The highest BCUT2D eigenvalue weighted by molar-refractivity contribution is 6.31. The molecule has 0 amide bonds. The molecule has 2 N–H and O–H groups in total. The molecular formula is C7H6ClF2NO2. The number of aromatic nitrogens is 1. The zero-order valence-corrected chi connectivity index (χ0v) is 7.11. The summed E-state index contributed by atoms with van der Waals surface area (Å²) >= 11 is 5.41. The van der Waals surface area contributed by atoms with Crippen molar-refractivity contribution in [2.24, 2.45) is 0 Å². The molecule has 1 rings (SSSR count). The Morgan fingerprint density at radius 3 is 2.62 bits per heavy atom. The third kappa shape index (κ3) is 1.87. The Balaban J connectivity index is 3.44. The average Bonchev–Trinajstić information content (AvgIpc) is 2.07. The largest absolute Gasteiger partial charge is 0.391 e. The lowest BCUT2D eigenvalue weighted by molar-refractivity contribution is 0.147. The van der Waals surface area contributed by atoms with E-state index >= 15 is 0 Å². The smallest absolute Gasteiger partial charge is 0.265 e.